The number of thiophene rings is 1. The van der Waals surface area contributed by atoms with Gasteiger partial charge in [0.05, 0.1) is 5.56 Å². The number of rotatable bonds is 5. The largest absolute Gasteiger partial charge is 0.480 e. The minimum Gasteiger partial charge on any atom is -0.480 e. The van der Waals surface area contributed by atoms with Crippen LogP contribution in [0.25, 0.3) is 0 Å². The minimum absolute atomic E-state index is 0.0523. The molecule has 0 saturated carbocycles. The molecule has 0 aliphatic heterocycles. The summed E-state index contributed by atoms with van der Waals surface area (Å²) in [4.78, 5) is 23.2. The number of aryl methyl sites for hydroxylation is 1. The Morgan fingerprint density at radius 1 is 1.37 bits per heavy atom. The van der Waals surface area contributed by atoms with Crippen molar-refractivity contribution in [3.05, 3.63) is 21.9 Å². The summed E-state index contributed by atoms with van der Waals surface area (Å²) in [5, 5.41) is 15.4. The summed E-state index contributed by atoms with van der Waals surface area (Å²) in [6.45, 7) is 8.00. The number of aliphatic carboxylic acids is 1. The van der Waals surface area contributed by atoms with E-state index in [4.69, 9.17) is 0 Å². The van der Waals surface area contributed by atoms with Gasteiger partial charge in [0.25, 0.3) is 5.91 Å². The Balaban J connectivity index is 2.67. The molecule has 1 heterocycles. The summed E-state index contributed by atoms with van der Waals surface area (Å²) < 4.78 is 0. The SMILES string of the molecule is Cc1cscc1C(=O)NC(CCC(C)(C)C)C(=O)O. The molecular formula is C14H21NO3S. The van der Waals surface area contributed by atoms with E-state index in [1.807, 2.05) is 12.3 Å². The molecule has 1 aromatic rings. The van der Waals surface area contributed by atoms with Gasteiger partial charge >= 0.3 is 5.97 Å². The average Bonchev–Trinajstić information content (AvgIpc) is 2.68. The summed E-state index contributed by atoms with van der Waals surface area (Å²) >= 11 is 1.44. The van der Waals surface area contributed by atoms with Gasteiger partial charge in [-0.25, -0.2) is 4.79 Å². The maximum absolute atomic E-state index is 12.0. The van der Waals surface area contributed by atoms with E-state index in [-0.39, 0.29) is 11.3 Å². The molecule has 1 amide bonds. The van der Waals surface area contributed by atoms with Crippen LogP contribution in [0.1, 0.15) is 49.5 Å². The highest BCUT2D eigenvalue weighted by molar-refractivity contribution is 7.08. The second-order valence-corrected chi connectivity index (χ2v) is 6.68. The van der Waals surface area contributed by atoms with Crippen molar-refractivity contribution in [3.63, 3.8) is 0 Å². The first kappa shape index (κ1) is 15.7. The summed E-state index contributed by atoms with van der Waals surface area (Å²) in [5.41, 5.74) is 1.49. The van der Waals surface area contributed by atoms with Crippen LogP contribution in [-0.4, -0.2) is 23.0 Å². The van der Waals surface area contributed by atoms with Gasteiger partial charge in [-0.2, -0.15) is 11.3 Å². The smallest absolute Gasteiger partial charge is 0.326 e. The Bertz CT molecular complexity index is 460. The highest BCUT2D eigenvalue weighted by Crippen LogP contribution is 2.22. The van der Waals surface area contributed by atoms with Crippen molar-refractivity contribution in [1.82, 2.24) is 5.32 Å². The fourth-order valence-electron chi connectivity index (χ4n) is 1.66. The molecule has 0 bridgehead atoms. The number of carboxylic acids is 1. The Labute approximate surface area is 117 Å². The van der Waals surface area contributed by atoms with Gasteiger partial charge in [0.2, 0.25) is 0 Å². The van der Waals surface area contributed by atoms with Crippen LogP contribution < -0.4 is 5.32 Å². The number of carbonyl (C=O) groups is 2. The lowest BCUT2D eigenvalue weighted by Crippen LogP contribution is -2.41. The topological polar surface area (TPSA) is 66.4 Å². The van der Waals surface area contributed by atoms with Gasteiger partial charge < -0.3 is 10.4 Å². The first-order valence-corrected chi connectivity index (χ1v) is 7.21. The van der Waals surface area contributed by atoms with Crippen molar-refractivity contribution in [1.29, 1.82) is 0 Å². The number of hydrogen-bond donors (Lipinski definition) is 2. The fraction of sp³-hybridized carbons (Fsp3) is 0.571. The number of carboxylic acid groups (broad SMARTS) is 1. The Morgan fingerprint density at radius 3 is 2.42 bits per heavy atom. The van der Waals surface area contributed by atoms with Crippen LogP contribution in [0.3, 0.4) is 0 Å². The third-order valence-corrected chi connectivity index (χ3v) is 3.75. The molecule has 1 atom stereocenters. The molecule has 2 N–H and O–H groups in total. The second-order valence-electron chi connectivity index (χ2n) is 5.93. The molecule has 1 rings (SSSR count). The van der Waals surface area contributed by atoms with E-state index in [0.29, 0.717) is 12.0 Å². The Hall–Kier alpha value is -1.36. The molecule has 0 fully saturated rings. The van der Waals surface area contributed by atoms with Crippen LogP contribution in [-0.2, 0) is 4.79 Å². The zero-order chi connectivity index (χ0) is 14.6. The lowest BCUT2D eigenvalue weighted by molar-refractivity contribution is -0.139. The third-order valence-electron chi connectivity index (χ3n) is 2.89. The van der Waals surface area contributed by atoms with Crippen molar-refractivity contribution in [2.75, 3.05) is 0 Å². The van der Waals surface area contributed by atoms with Gasteiger partial charge in [-0.05, 0) is 36.1 Å². The van der Waals surface area contributed by atoms with Gasteiger partial charge in [0.1, 0.15) is 6.04 Å². The van der Waals surface area contributed by atoms with E-state index >= 15 is 0 Å². The van der Waals surface area contributed by atoms with Crippen LogP contribution in [0.4, 0.5) is 0 Å². The standard InChI is InChI=1S/C14H21NO3S/c1-9-7-19-8-10(9)12(16)15-11(13(17)18)5-6-14(2,3)4/h7-8,11H,5-6H2,1-4H3,(H,15,16)(H,17,18). The molecule has 0 aromatic carbocycles. The molecule has 19 heavy (non-hydrogen) atoms. The van der Waals surface area contributed by atoms with Crippen molar-refractivity contribution < 1.29 is 14.7 Å². The second kappa shape index (κ2) is 6.19. The Morgan fingerprint density at radius 2 is 2.00 bits per heavy atom. The van der Waals surface area contributed by atoms with Crippen molar-refractivity contribution >= 4 is 23.2 Å². The van der Waals surface area contributed by atoms with Gasteiger partial charge in [-0.3, -0.25) is 4.79 Å². The molecule has 5 heteroatoms. The molecule has 106 valence electrons. The maximum Gasteiger partial charge on any atom is 0.326 e. The van der Waals surface area contributed by atoms with Crippen molar-refractivity contribution in [2.24, 2.45) is 5.41 Å². The van der Waals surface area contributed by atoms with Crippen LogP contribution >= 0.6 is 11.3 Å². The first-order valence-electron chi connectivity index (χ1n) is 6.27. The molecule has 0 aliphatic rings. The van der Waals surface area contributed by atoms with Crippen molar-refractivity contribution in [2.45, 2.75) is 46.6 Å². The first-order chi connectivity index (χ1) is 8.70. The van der Waals surface area contributed by atoms with E-state index in [0.717, 1.165) is 12.0 Å². The van der Waals surface area contributed by atoms with Gasteiger partial charge in [-0.15, -0.1) is 0 Å². The lowest BCUT2D eigenvalue weighted by Gasteiger charge is -2.21. The third kappa shape index (κ3) is 5.03. The van der Waals surface area contributed by atoms with Gasteiger partial charge in [0.15, 0.2) is 0 Å². The lowest BCUT2D eigenvalue weighted by atomic mass is 9.88. The normalized spacial score (nSPS) is 13.1. The number of amides is 1. The molecular weight excluding hydrogens is 262 g/mol. The zero-order valence-electron chi connectivity index (χ0n) is 11.8. The van der Waals surface area contributed by atoms with E-state index in [2.05, 4.69) is 26.1 Å². The summed E-state index contributed by atoms with van der Waals surface area (Å²) in [6, 6.07) is -0.828. The Kier molecular flexibility index (Phi) is 5.11. The molecule has 0 radical (unpaired) electrons. The molecule has 4 nitrogen and oxygen atoms in total. The highest BCUT2D eigenvalue weighted by atomic mass is 32.1. The number of carbonyl (C=O) groups excluding carboxylic acids is 1. The van der Waals surface area contributed by atoms with E-state index in [1.165, 1.54) is 11.3 Å². The summed E-state index contributed by atoms with van der Waals surface area (Å²) in [6.07, 6.45) is 1.18. The van der Waals surface area contributed by atoms with Crippen LogP contribution in [0.15, 0.2) is 10.8 Å². The van der Waals surface area contributed by atoms with Gasteiger partial charge in [0, 0.05) is 5.38 Å². The quantitative estimate of drug-likeness (QED) is 0.872. The van der Waals surface area contributed by atoms with Crippen LogP contribution in [0, 0.1) is 12.3 Å². The molecule has 1 aromatic heterocycles. The van der Waals surface area contributed by atoms with E-state index < -0.39 is 12.0 Å². The molecule has 0 saturated heterocycles. The molecule has 0 aliphatic carbocycles. The highest BCUT2D eigenvalue weighted by Gasteiger charge is 2.23. The van der Waals surface area contributed by atoms with E-state index in [1.54, 1.807) is 5.38 Å². The predicted molar refractivity (Wildman–Crippen MR) is 76.6 cm³/mol. The van der Waals surface area contributed by atoms with E-state index in [9.17, 15) is 14.7 Å². The summed E-state index contributed by atoms with van der Waals surface area (Å²) in [5.74, 6) is -1.29. The fourth-order valence-corrected chi connectivity index (χ4v) is 2.49. The molecule has 0 spiro atoms. The maximum atomic E-state index is 12.0. The summed E-state index contributed by atoms with van der Waals surface area (Å²) in [7, 11) is 0. The van der Waals surface area contributed by atoms with Gasteiger partial charge in [-0.1, -0.05) is 20.8 Å². The van der Waals surface area contributed by atoms with Crippen LogP contribution in [0.5, 0.6) is 0 Å². The number of nitrogens with one attached hydrogen (secondary N) is 1. The predicted octanol–water partition coefficient (Wildman–Crippen LogP) is 3.07. The van der Waals surface area contributed by atoms with Crippen LogP contribution in [0.2, 0.25) is 0 Å². The average molecular weight is 283 g/mol. The zero-order valence-corrected chi connectivity index (χ0v) is 12.6. The number of hydrogen-bond acceptors (Lipinski definition) is 3. The minimum atomic E-state index is -0.981. The molecule has 1 unspecified atom stereocenters. The van der Waals surface area contributed by atoms with Crippen molar-refractivity contribution in [3.8, 4) is 0 Å². The monoisotopic (exact) mass is 283 g/mol.